The van der Waals surface area contributed by atoms with Gasteiger partial charge in [-0.05, 0) is 24.3 Å². The van der Waals surface area contributed by atoms with Gasteiger partial charge in [0.05, 0.1) is 5.69 Å². The predicted octanol–water partition coefficient (Wildman–Crippen LogP) is 2.24. The van der Waals surface area contributed by atoms with Crippen LogP contribution in [-0.4, -0.2) is 27.6 Å². The van der Waals surface area contributed by atoms with Crippen LogP contribution in [0.1, 0.15) is 0 Å². The first-order valence-electron chi connectivity index (χ1n) is 6.70. The van der Waals surface area contributed by atoms with Crippen LogP contribution in [0, 0.1) is 0 Å². The van der Waals surface area contributed by atoms with Crippen LogP contribution in [0.5, 0.6) is 17.2 Å². The molecule has 0 bridgehead atoms. The first-order valence-corrected chi connectivity index (χ1v) is 8.36. The minimum atomic E-state index is -3.49. The Hall–Kier alpha value is -2.41. The van der Waals surface area contributed by atoms with Gasteiger partial charge < -0.3 is 14.2 Å². The van der Waals surface area contributed by atoms with E-state index in [1.807, 2.05) is 18.2 Å². The lowest BCUT2D eigenvalue weighted by molar-refractivity contribution is 0.174. The molecule has 3 rings (SSSR count). The van der Waals surface area contributed by atoms with Crippen LogP contribution < -0.4 is 18.9 Å². The van der Waals surface area contributed by atoms with Gasteiger partial charge in [0.1, 0.15) is 18.1 Å². The van der Waals surface area contributed by atoms with Crippen molar-refractivity contribution in [2.75, 3.05) is 23.9 Å². The topological polar surface area (TPSA) is 73.9 Å². The minimum Gasteiger partial charge on any atom is -0.492 e. The van der Waals surface area contributed by atoms with E-state index in [1.165, 1.54) is 0 Å². The monoisotopic (exact) mass is 321 g/mol. The van der Waals surface area contributed by atoms with Crippen LogP contribution in [0.15, 0.2) is 48.5 Å². The number of ether oxygens (including phenoxy) is 3. The molecule has 1 aliphatic rings. The molecule has 6 nitrogen and oxygen atoms in total. The summed E-state index contributed by atoms with van der Waals surface area (Å²) >= 11 is 0. The van der Waals surface area contributed by atoms with Gasteiger partial charge in [-0.15, -0.1) is 0 Å². The van der Waals surface area contributed by atoms with Gasteiger partial charge in [-0.25, -0.2) is 8.42 Å². The molecule has 0 atom stereocenters. The maximum atomic E-state index is 12.0. The smallest absolute Gasteiger partial charge is 0.236 e. The molecule has 1 heterocycles. The Morgan fingerprint density at radius 3 is 2.64 bits per heavy atom. The number of anilines is 1. The second-order valence-electron chi connectivity index (χ2n) is 4.65. The first-order chi connectivity index (χ1) is 10.6. The van der Waals surface area contributed by atoms with E-state index < -0.39 is 10.0 Å². The fourth-order valence-electron chi connectivity index (χ4n) is 1.98. The largest absolute Gasteiger partial charge is 0.492 e. The van der Waals surface area contributed by atoms with Gasteiger partial charge in [-0.1, -0.05) is 18.2 Å². The van der Waals surface area contributed by atoms with E-state index >= 15 is 0 Å². The molecule has 0 spiro atoms. The average Bonchev–Trinajstić information content (AvgIpc) is 2.95. The Labute approximate surface area is 128 Å². The van der Waals surface area contributed by atoms with E-state index in [2.05, 4.69) is 4.72 Å². The van der Waals surface area contributed by atoms with E-state index in [0.717, 1.165) is 0 Å². The minimum absolute atomic E-state index is 0.0733. The highest BCUT2D eigenvalue weighted by Gasteiger charge is 2.16. The second-order valence-corrected chi connectivity index (χ2v) is 6.49. The molecule has 1 aliphatic heterocycles. The Bertz CT molecular complexity index is 746. The Morgan fingerprint density at radius 2 is 1.82 bits per heavy atom. The lowest BCUT2D eigenvalue weighted by Gasteiger charge is -2.09. The number of benzene rings is 2. The number of hydrogen-bond acceptors (Lipinski definition) is 5. The molecule has 0 amide bonds. The summed E-state index contributed by atoms with van der Waals surface area (Å²) in [4.78, 5) is 0. The molecule has 0 radical (unpaired) electrons. The van der Waals surface area contributed by atoms with E-state index in [-0.39, 0.29) is 19.2 Å². The third kappa shape index (κ3) is 3.62. The summed E-state index contributed by atoms with van der Waals surface area (Å²) in [6.45, 7) is 0.223. The highest BCUT2D eigenvalue weighted by atomic mass is 32.2. The Morgan fingerprint density at radius 1 is 1.05 bits per heavy atom. The zero-order valence-corrected chi connectivity index (χ0v) is 12.5. The maximum Gasteiger partial charge on any atom is 0.236 e. The summed E-state index contributed by atoms with van der Waals surface area (Å²) in [6, 6.07) is 14.0. The van der Waals surface area contributed by atoms with Gasteiger partial charge in [0.25, 0.3) is 0 Å². The first kappa shape index (κ1) is 14.5. The predicted molar refractivity (Wildman–Crippen MR) is 81.9 cm³/mol. The van der Waals surface area contributed by atoms with Crippen LogP contribution in [0.3, 0.4) is 0 Å². The van der Waals surface area contributed by atoms with Crippen LogP contribution in [-0.2, 0) is 10.0 Å². The Balaban J connectivity index is 1.57. The third-order valence-corrected chi connectivity index (χ3v) is 4.26. The van der Waals surface area contributed by atoms with Gasteiger partial charge in [0.15, 0.2) is 11.5 Å². The molecule has 0 unspecified atom stereocenters. The number of rotatable bonds is 6. The molecular formula is C15H15NO5S. The van der Waals surface area contributed by atoms with Gasteiger partial charge in [0.2, 0.25) is 16.8 Å². The van der Waals surface area contributed by atoms with Crippen LogP contribution in [0.25, 0.3) is 0 Å². The van der Waals surface area contributed by atoms with Crippen molar-refractivity contribution in [3.8, 4) is 17.2 Å². The summed E-state index contributed by atoms with van der Waals surface area (Å²) in [5, 5.41) is 0. The van der Waals surface area contributed by atoms with Crippen molar-refractivity contribution in [2.24, 2.45) is 0 Å². The molecule has 0 aromatic heterocycles. The number of sulfonamides is 1. The van der Waals surface area contributed by atoms with Crippen molar-refractivity contribution in [3.05, 3.63) is 48.5 Å². The number of para-hydroxylation sites is 1. The number of nitrogens with one attached hydrogen (secondary N) is 1. The van der Waals surface area contributed by atoms with E-state index in [4.69, 9.17) is 14.2 Å². The second kappa shape index (κ2) is 6.15. The molecule has 116 valence electrons. The summed E-state index contributed by atoms with van der Waals surface area (Å²) in [5.41, 5.74) is 0.434. The van der Waals surface area contributed by atoms with Crippen molar-refractivity contribution in [1.29, 1.82) is 0 Å². The summed E-state index contributed by atoms with van der Waals surface area (Å²) < 4.78 is 42.3. The molecule has 2 aromatic carbocycles. The van der Waals surface area contributed by atoms with Gasteiger partial charge in [0, 0.05) is 6.07 Å². The number of hydrogen-bond donors (Lipinski definition) is 1. The maximum absolute atomic E-state index is 12.0. The van der Waals surface area contributed by atoms with Crippen molar-refractivity contribution < 1.29 is 22.6 Å². The van der Waals surface area contributed by atoms with Crippen molar-refractivity contribution in [3.63, 3.8) is 0 Å². The molecular weight excluding hydrogens is 306 g/mol. The average molecular weight is 321 g/mol. The fourth-order valence-corrected chi connectivity index (χ4v) is 2.87. The van der Waals surface area contributed by atoms with Gasteiger partial charge in [-0.2, -0.15) is 0 Å². The van der Waals surface area contributed by atoms with Crippen molar-refractivity contribution in [1.82, 2.24) is 0 Å². The summed E-state index contributed by atoms with van der Waals surface area (Å²) in [6.07, 6.45) is 0. The highest BCUT2D eigenvalue weighted by molar-refractivity contribution is 7.92. The fraction of sp³-hybridized carbons (Fsp3) is 0.200. The summed E-state index contributed by atoms with van der Waals surface area (Å²) in [5.74, 6) is 1.63. The van der Waals surface area contributed by atoms with Crippen LogP contribution >= 0.6 is 0 Å². The molecule has 22 heavy (non-hydrogen) atoms. The van der Waals surface area contributed by atoms with Crippen molar-refractivity contribution >= 4 is 15.7 Å². The van der Waals surface area contributed by atoms with E-state index in [0.29, 0.717) is 22.9 Å². The molecule has 0 aliphatic carbocycles. The SMILES string of the molecule is O=S(=O)(CCOc1ccccc1)Nc1ccc2c(c1)OCO2. The van der Waals surface area contributed by atoms with Crippen LogP contribution in [0.4, 0.5) is 5.69 Å². The van der Waals surface area contributed by atoms with E-state index in [1.54, 1.807) is 30.3 Å². The van der Waals surface area contributed by atoms with Crippen LogP contribution in [0.2, 0.25) is 0 Å². The summed E-state index contributed by atoms with van der Waals surface area (Å²) in [7, 11) is -3.49. The highest BCUT2D eigenvalue weighted by Crippen LogP contribution is 2.34. The zero-order valence-electron chi connectivity index (χ0n) is 11.7. The molecule has 2 aromatic rings. The molecule has 7 heteroatoms. The van der Waals surface area contributed by atoms with Crippen molar-refractivity contribution in [2.45, 2.75) is 0 Å². The molecule has 0 saturated carbocycles. The lowest BCUT2D eigenvalue weighted by Crippen LogP contribution is -2.21. The standard InChI is InChI=1S/C15H15NO5S/c17-22(18,9-8-19-13-4-2-1-3-5-13)16-12-6-7-14-15(10-12)21-11-20-14/h1-7,10,16H,8-9,11H2. The molecule has 0 saturated heterocycles. The van der Waals surface area contributed by atoms with Gasteiger partial charge in [-0.3, -0.25) is 4.72 Å². The lowest BCUT2D eigenvalue weighted by atomic mass is 10.3. The quantitative estimate of drug-likeness (QED) is 0.883. The van der Waals surface area contributed by atoms with E-state index in [9.17, 15) is 8.42 Å². The van der Waals surface area contributed by atoms with Gasteiger partial charge >= 0.3 is 0 Å². The normalized spacial score (nSPS) is 12.9. The Kier molecular flexibility index (Phi) is 4.06. The number of fused-ring (bicyclic) bond motifs is 1. The molecule has 0 fully saturated rings. The third-order valence-electron chi connectivity index (χ3n) is 3.01. The zero-order chi connectivity index (χ0) is 15.4. The molecule has 1 N–H and O–H groups in total.